The Kier molecular flexibility index (Phi) is 7.03. The zero-order valence-electron chi connectivity index (χ0n) is 10.7. The van der Waals surface area contributed by atoms with Crippen LogP contribution in [0.2, 0.25) is 0 Å². The van der Waals surface area contributed by atoms with Gasteiger partial charge < -0.3 is 9.80 Å². The summed E-state index contributed by atoms with van der Waals surface area (Å²) in [4.78, 5) is 5.19. The average Bonchev–Trinajstić information content (AvgIpc) is 2.30. The number of piperazine rings is 1. The van der Waals surface area contributed by atoms with Gasteiger partial charge in [-0.3, -0.25) is 0 Å². The van der Waals surface area contributed by atoms with Crippen molar-refractivity contribution in [1.82, 2.24) is 9.80 Å². The fourth-order valence-electron chi connectivity index (χ4n) is 2.27. The molecule has 0 radical (unpaired) electrons. The summed E-state index contributed by atoms with van der Waals surface area (Å²) in [5.74, 6) is 0. The van der Waals surface area contributed by atoms with Crippen LogP contribution in [0.5, 0.6) is 0 Å². The smallest absolute Gasteiger partial charge is 0.0110 e. The maximum absolute atomic E-state index is 2.64. The van der Waals surface area contributed by atoms with E-state index in [-0.39, 0.29) is 0 Å². The van der Waals surface area contributed by atoms with E-state index in [4.69, 9.17) is 0 Å². The zero-order valence-corrected chi connectivity index (χ0v) is 10.7. The van der Waals surface area contributed by atoms with Gasteiger partial charge in [0.25, 0.3) is 0 Å². The molecule has 0 N–H and O–H groups in total. The van der Waals surface area contributed by atoms with Crippen LogP contribution in [0.25, 0.3) is 0 Å². The minimum absolute atomic E-state index is 1.23. The first kappa shape index (κ1) is 13.0. The predicted molar refractivity (Wildman–Crippen MR) is 67.3 cm³/mol. The Morgan fingerprint density at radius 3 is 1.93 bits per heavy atom. The molecule has 0 saturated carbocycles. The number of likely N-dealkylation sites (N-methyl/N-ethyl adjacent to an activating group) is 1. The van der Waals surface area contributed by atoms with Gasteiger partial charge in [-0.1, -0.05) is 39.5 Å². The molecule has 1 heterocycles. The first-order valence-electron chi connectivity index (χ1n) is 6.81. The molecule has 15 heavy (non-hydrogen) atoms. The summed E-state index contributed by atoms with van der Waals surface area (Å²) < 4.78 is 0. The van der Waals surface area contributed by atoms with Crippen molar-refractivity contribution in [1.29, 1.82) is 0 Å². The summed E-state index contributed by atoms with van der Waals surface area (Å²) in [6, 6.07) is 0. The lowest BCUT2D eigenvalue weighted by Gasteiger charge is -2.33. The number of nitrogens with zero attached hydrogens (tertiary/aromatic N) is 2. The summed E-state index contributed by atoms with van der Waals surface area (Å²) in [6.07, 6.45) is 7.05. The molecule has 0 aromatic carbocycles. The normalized spacial score (nSPS) is 19.6. The molecule has 0 atom stereocenters. The molecule has 0 aromatic heterocycles. The Labute approximate surface area is 95.6 Å². The van der Waals surface area contributed by atoms with Gasteiger partial charge in [0.2, 0.25) is 0 Å². The summed E-state index contributed by atoms with van der Waals surface area (Å²) in [5, 5.41) is 0. The minimum atomic E-state index is 1.23. The van der Waals surface area contributed by atoms with E-state index in [1.165, 1.54) is 71.4 Å². The Morgan fingerprint density at radius 1 is 0.733 bits per heavy atom. The van der Waals surface area contributed by atoms with Crippen molar-refractivity contribution in [2.45, 2.75) is 46.0 Å². The van der Waals surface area contributed by atoms with Crippen LogP contribution in [0.15, 0.2) is 0 Å². The molecule has 0 aromatic rings. The van der Waals surface area contributed by atoms with Crippen LogP contribution < -0.4 is 0 Å². The number of rotatable bonds is 7. The zero-order chi connectivity index (χ0) is 10.9. The maximum Gasteiger partial charge on any atom is 0.0110 e. The minimum Gasteiger partial charge on any atom is -0.301 e. The second-order valence-corrected chi connectivity index (χ2v) is 4.69. The molecule has 0 bridgehead atoms. The highest BCUT2D eigenvalue weighted by Crippen LogP contribution is 2.06. The topological polar surface area (TPSA) is 6.48 Å². The number of hydrogen-bond donors (Lipinski definition) is 0. The van der Waals surface area contributed by atoms with Crippen molar-refractivity contribution in [2.24, 2.45) is 0 Å². The third kappa shape index (κ3) is 5.53. The highest BCUT2D eigenvalue weighted by molar-refractivity contribution is 4.70. The highest BCUT2D eigenvalue weighted by atomic mass is 15.3. The van der Waals surface area contributed by atoms with Crippen molar-refractivity contribution < 1.29 is 0 Å². The molecule has 0 aliphatic carbocycles. The second kappa shape index (κ2) is 8.12. The van der Waals surface area contributed by atoms with E-state index < -0.39 is 0 Å². The molecule has 0 unspecified atom stereocenters. The first-order chi connectivity index (χ1) is 7.36. The monoisotopic (exact) mass is 212 g/mol. The average molecular weight is 212 g/mol. The molecular weight excluding hydrogens is 184 g/mol. The van der Waals surface area contributed by atoms with Gasteiger partial charge in [0.1, 0.15) is 0 Å². The Hall–Kier alpha value is -0.0800. The Balaban J connectivity index is 1.94. The van der Waals surface area contributed by atoms with Gasteiger partial charge in [-0.25, -0.2) is 0 Å². The maximum atomic E-state index is 2.64. The van der Waals surface area contributed by atoms with Crippen LogP contribution in [0.1, 0.15) is 46.0 Å². The molecule has 2 heteroatoms. The van der Waals surface area contributed by atoms with Crippen molar-refractivity contribution in [3.05, 3.63) is 0 Å². The van der Waals surface area contributed by atoms with Crippen LogP contribution in [0, 0.1) is 0 Å². The molecule has 1 aliphatic heterocycles. The lowest BCUT2D eigenvalue weighted by molar-refractivity contribution is 0.135. The van der Waals surface area contributed by atoms with Crippen LogP contribution in [0.3, 0.4) is 0 Å². The first-order valence-corrected chi connectivity index (χ1v) is 6.81. The predicted octanol–water partition coefficient (Wildman–Crippen LogP) is 2.59. The molecular formula is C13H28N2. The molecule has 1 saturated heterocycles. The lowest BCUT2D eigenvalue weighted by atomic mass is 10.1. The van der Waals surface area contributed by atoms with Crippen LogP contribution in [-0.4, -0.2) is 49.1 Å². The SMILES string of the molecule is CCCCCCCN1CCN(CC)CC1. The van der Waals surface area contributed by atoms with Gasteiger partial charge in [0, 0.05) is 26.2 Å². The van der Waals surface area contributed by atoms with Crippen molar-refractivity contribution in [3.63, 3.8) is 0 Å². The van der Waals surface area contributed by atoms with Crippen molar-refractivity contribution in [3.8, 4) is 0 Å². The van der Waals surface area contributed by atoms with Gasteiger partial charge in [0.05, 0.1) is 0 Å². The summed E-state index contributed by atoms with van der Waals surface area (Å²) in [6.45, 7) is 12.3. The van der Waals surface area contributed by atoms with Crippen LogP contribution in [-0.2, 0) is 0 Å². The molecule has 2 nitrogen and oxygen atoms in total. The van der Waals surface area contributed by atoms with Gasteiger partial charge >= 0.3 is 0 Å². The van der Waals surface area contributed by atoms with Crippen molar-refractivity contribution >= 4 is 0 Å². The largest absolute Gasteiger partial charge is 0.301 e. The Bertz CT molecular complexity index is 139. The van der Waals surface area contributed by atoms with Gasteiger partial charge in [0.15, 0.2) is 0 Å². The van der Waals surface area contributed by atoms with Crippen LogP contribution in [0.4, 0.5) is 0 Å². The van der Waals surface area contributed by atoms with Gasteiger partial charge in [-0.2, -0.15) is 0 Å². The highest BCUT2D eigenvalue weighted by Gasteiger charge is 2.14. The third-order valence-electron chi connectivity index (χ3n) is 3.49. The summed E-state index contributed by atoms with van der Waals surface area (Å²) in [5.41, 5.74) is 0. The summed E-state index contributed by atoms with van der Waals surface area (Å²) >= 11 is 0. The van der Waals surface area contributed by atoms with E-state index in [0.717, 1.165) is 0 Å². The van der Waals surface area contributed by atoms with Crippen LogP contribution >= 0.6 is 0 Å². The fraction of sp³-hybridized carbons (Fsp3) is 1.00. The molecule has 1 fully saturated rings. The van der Waals surface area contributed by atoms with E-state index in [1.807, 2.05) is 0 Å². The quantitative estimate of drug-likeness (QED) is 0.599. The number of hydrogen-bond acceptors (Lipinski definition) is 2. The van der Waals surface area contributed by atoms with Crippen molar-refractivity contribution in [2.75, 3.05) is 39.3 Å². The van der Waals surface area contributed by atoms with E-state index in [9.17, 15) is 0 Å². The van der Waals surface area contributed by atoms with Gasteiger partial charge in [-0.15, -0.1) is 0 Å². The van der Waals surface area contributed by atoms with Gasteiger partial charge in [-0.05, 0) is 19.5 Å². The lowest BCUT2D eigenvalue weighted by Crippen LogP contribution is -2.46. The standard InChI is InChI=1S/C13H28N2/c1-3-5-6-7-8-9-15-12-10-14(4-2)11-13-15/h3-13H2,1-2H3. The second-order valence-electron chi connectivity index (χ2n) is 4.69. The molecule has 0 spiro atoms. The molecule has 1 aliphatic rings. The molecule has 1 rings (SSSR count). The van der Waals surface area contributed by atoms with E-state index in [2.05, 4.69) is 23.6 Å². The molecule has 0 amide bonds. The van der Waals surface area contributed by atoms with E-state index in [0.29, 0.717) is 0 Å². The number of unbranched alkanes of at least 4 members (excludes halogenated alkanes) is 4. The summed E-state index contributed by atoms with van der Waals surface area (Å²) in [7, 11) is 0. The van der Waals surface area contributed by atoms with E-state index >= 15 is 0 Å². The Morgan fingerprint density at radius 2 is 1.33 bits per heavy atom. The molecule has 90 valence electrons. The van der Waals surface area contributed by atoms with E-state index in [1.54, 1.807) is 0 Å². The third-order valence-corrected chi connectivity index (χ3v) is 3.49. The fourth-order valence-corrected chi connectivity index (χ4v) is 2.27.